The quantitative estimate of drug-likeness (QED) is 0.270. The van der Waals surface area contributed by atoms with Gasteiger partial charge in [0.2, 0.25) is 6.39 Å². The fourth-order valence-corrected chi connectivity index (χ4v) is 6.26. The number of likely N-dealkylation sites (tertiary alicyclic amines) is 1. The molecule has 7 rings (SSSR count). The SMILES string of the molecule is Cc1c(-c2nnco2)nc(CN2CCC(c3cccc4c3O[C@@](C)(c3ccc(Cl)cc3F)O4)CC2)n1C[C@@H]1CCO1. The van der Waals surface area contributed by atoms with Gasteiger partial charge >= 0.3 is 0 Å². The van der Waals surface area contributed by atoms with E-state index in [-0.39, 0.29) is 6.10 Å². The van der Waals surface area contributed by atoms with Gasteiger partial charge in [-0.25, -0.2) is 9.37 Å². The molecule has 0 N–H and O–H groups in total. The lowest BCUT2D eigenvalue weighted by Crippen LogP contribution is -2.35. The Morgan fingerprint density at radius 3 is 2.66 bits per heavy atom. The third-order valence-electron chi connectivity index (χ3n) is 8.47. The topological polar surface area (TPSA) is 87.7 Å². The Morgan fingerprint density at radius 2 is 1.95 bits per heavy atom. The highest BCUT2D eigenvalue weighted by molar-refractivity contribution is 6.30. The number of para-hydroxylation sites is 1. The van der Waals surface area contributed by atoms with Gasteiger partial charge in [-0.05, 0) is 69.5 Å². The molecule has 0 aliphatic carbocycles. The molecule has 4 aromatic rings. The Kier molecular flexibility index (Phi) is 6.72. The fourth-order valence-electron chi connectivity index (χ4n) is 6.10. The van der Waals surface area contributed by atoms with E-state index < -0.39 is 11.6 Å². The first-order valence-electron chi connectivity index (χ1n) is 14.0. The minimum Gasteiger partial charge on any atom is -0.444 e. The zero-order chi connectivity index (χ0) is 28.1. The molecule has 214 valence electrons. The lowest BCUT2D eigenvalue weighted by molar-refractivity contribution is -0.0712. The number of hydrogen-bond donors (Lipinski definition) is 0. The number of aromatic nitrogens is 4. The number of rotatable bonds is 7. The van der Waals surface area contributed by atoms with Gasteiger partial charge in [0.15, 0.2) is 11.5 Å². The van der Waals surface area contributed by atoms with E-state index in [1.807, 2.05) is 19.1 Å². The predicted octanol–water partition coefficient (Wildman–Crippen LogP) is 5.85. The first-order chi connectivity index (χ1) is 19.9. The lowest BCUT2D eigenvalue weighted by Gasteiger charge is -2.33. The molecule has 0 amide bonds. The van der Waals surface area contributed by atoms with Crippen molar-refractivity contribution >= 4 is 11.6 Å². The number of ether oxygens (including phenoxy) is 3. The molecule has 0 unspecified atom stereocenters. The van der Waals surface area contributed by atoms with Crippen LogP contribution in [0.2, 0.25) is 5.02 Å². The van der Waals surface area contributed by atoms with E-state index >= 15 is 0 Å². The van der Waals surface area contributed by atoms with Gasteiger partial charge in [0, 0.05) is 29.8 Å². The van der Waals surface area contributed by atoms with Crippen LogP contribution in [0.15, 0.2) is 47.2 Å². The van der Waals surface area contributed by atoms with E-state index in [9.17, 15) is 4.39 Å². The summed E-state index contributed by atoms with van der Waals surface area (Å²) >= 11 is 5.97. The van der Waals surface area contributed by atoms with Crippen molar-refractivity contribution in [3.8, 4) is 23.1 Å². The summed E-state index contributed by atoms with van der Waals surface area (Å²) in [6, 6.07) is 10.5. The second-order valence-corrected chi connectivity index (χ2v) is 11.5. The zero-order valence-electron chi connectivity index (χ0n) is 23.0. The standard InChI is InChI=1S/C30H31ClFN5O4/c1-18-27(29-35-33-17-39-29)34-26(37(18)15-21-10-13-38-21)16-36-11-8-19(9-12-36)22-4-3-5-25-28(22)41-30(2,40-25)23-7-6-20(31)14-24(23)32/h3-7,14,17,19,21H,8-13,15-16H2,1-2H3/t21-,30-/m0/s1. The first-order valence-corrected chi connectivity index (χ1v) is 14.4. The summed E-state index contributed by atoms with van der Waals surface area (Å²) in [4.78, 5) is 7.37. The van der Waals surface area contributed by atoms with Gasteiger partial charge in [0.1, 0.15) is 17.3 Å². The molecule has 0 saturated carbocycles. The van der Waals surface area contributed by atoms with Crippen molar-refractivity contribution in [1.29, 1.82) is 0 Å². The molecule has 41 heavy (non-hydrogen) atoms. The number of hydrogen-bond acceptors (Lipinski definition) is 8. The number of piperidine rings is 1. The monoisotopic (exact) mass is 579 g/mol. The lowest BCUT2D eigenvalue weighted by atomic mass is 9.88. The molecular formula is C30H31ClFN5O4. The Balaban J connectivity index is 1.07. The fraction of sp³-hybridized carbons (Fsp3) is 0.433. The van der Waals surface area contributed by atoms with E-state index in [4.69, 9.17) is 35.2 Å². The number of nitrogens with zero attached hydrogens (tertiary/aromatic N) is 5. The van der Waals surface area contributed by atoms with Crippen LogP contribution in [-0.4, -0.2) is 50.4 Å². The van der Waals surface area contributed by atoms with E-state index in [0.29, 0.717) is 33.9 Å². The normalized spacial score (nSPS) is 22.7. The third kappa shape index (κ3) is 4.87. The summed E-state index contributed by atoms with van der Waals surface area (Å²) in [7, 11) is 0. The van der Waals surface area contributed by atoms with Gasteiger partial charge in [-0.1, -0.05) is 23.7 Å². The van der Waals surface area contributed by atoms with Gasteiger partial charge in [-0.2, -0.15) is 0 Å². The number of imidazole rings is 1. The maximum atomic E-state index is 14.8. The predicted molar refractivity (Wildman–Crippen MR) is 148 cm³/mol. The highest BCUT2D eigenvalue weighted by Gasteiger charge is 2.43. The molecule has 0 radical (unpaired) electrons. The van der Waals surface area contributed by atoms with Gasteiger partial charge in [-0.15, -0.1) is 10.2 Å². The summed E-state index contributed by atoms with van der Waals surface area (Å²) in [5, 5.41) is 8.25. The summed E-state index contributed by atoms with van der Waals surface area (Å²) in [6.45, 7) is 7.88. The third-order valence-corrected chi connectivity index (χ3v) is 8.70. The van der Waals surface area contributed by atoms with Crippen molar-refractivity contribution in [2.24, 2.45) is 0 Å². The van der Waals surface area contributed by atoms with Crippen molar-refractivity contribution in [2.75, 3.05) is 19.7 Å². The molecule has 3 aliphatic heterocycles. The second kappa shape index (κ2) is 10.4. The van der Waals surface area contributed by atoms with Crippen LogP contribution in [0, 0.1) is 12.7 Å². The van der Waals surface area contributed by atoms with Crippen LogP contribution in [0.25, 0.3) is 11.6 Å². The molecule has 2 aromatic heterocycles. The van der Waals surface area contributed by atoms with Crippen molar-refractivity contribution in [2.45, 2.75) is 64.0 Å². The van der Waals surface area contributed by atoms with Crippen LogP contribution in [0.4, 0.5) is 4.39 Å². The number of benzene rings is 2. The average Bonchev–Trinajstić information content (AvgIpc) is 3.65. The highest BCUT2D eigenvalue weighted by Crippen LogP contribution is 2.50. The second-order valence-electron chi connectivity index (χ2n) is 11.1. The van der Waals surface area contributed by atoms with Crippen LogP contribution in [0.5, 0.6) is 11.5 Å². The van der Waals surface area contributed by atoms with E-state index in [2.05, 4.69) is 25.7 Å². The van der Waals surface area contributed by atoms with Crippen molar-refractivity contribution in [3.05, 3.63) is 76.3 Å². The summed E-state index contributed by atoms with van der Waals surface area (Å²) in [6.07, 6.45) is 4.49. The molecule has 2 fully saturated rings. The molecule has 2 saturated heterocycles. The van der Waals surface area contributed by atoms with Crippen LogP contribution in [0.1, 0.15) is 54.7 Å². The molecule has 9 nitrogen and oxygen atoms in total. The molecular weight excluding hydrogens is 549 g/mol. The molecule has 2 atom stereocenters. The summed E-state index contributed by atoms with van der Waals surface area (Å²) in [5.74, 6) is 1.31. The van der Waals surface area contributed by atoms with Crippen molar-refractivity contribution < 1.29 is 23.0 Å². The molecule has 3 aliphatic rings. The molecule has 11 heteroatoms. The maximum Gasteiger partial charge on any atom is 0.278 e. The maximum absolute atomic E-state index is 14.8. The summed E-state index contributed by atoms with van der Waals surface area (Å²) < 4.78 is 40.8. The average molecular weight is 580 g/mol. The van der Waals surface area contributed by atoms with Gasteiger partial charge in [0.05, 0.1) is 24.8 Å². The van der Waals surface area contributed by atoms with Crippen molar-refractivity contribution in [3.63, 3.8) is 0 Å². The smallest absolute Gasteiger partial charge is 0.278 e. The van der Waals surface area contributed by atoms with Gasteiger partial charge in [-0.3, -0.25) is 4.90 Å². The Morgan fingerprint density at radius 1 is 1.12 bits per heavy atom. The molecule has 0 bridgehead atoms. The Hall–Kier alpha value is -3.47. The molecule has 0 spiro atoms. The van der Waals surface area contributed by atoms with Crippen LogP contribution in [-0.2, 0) is 23.6 Å². The number of halogens is 2. The summed E-state index contributed by atoms with van der Waals surface area (Å²) in [5.41, 5.74) is 3.14. The zero-order valence-corrected chi connectivity index (χ0v) is 23.7. The van der Waals surface area contributed by atoms with E-state index in [1.165, 1.54) is 12.5 Å². The van der Waals surface area contributed by atoms with Gasteiger partial charge < -0.3 is 23.2 Å². The minimum absolute atomic E-state index is 0.206. The molecule has 5 heterocycles. The Labute approximate surface area is 242 Å². The van der Waals surface area contributed by atoms with Crippen LogP contribution < -0.4 is 9.47 Å². The van der Waals surface area contributed by atoms with Crippen molar-refractivity contribution in [1.82, 2.24) is 24.6 Å². The first kappa shape index (κ1) is 26.4. The largest absolute Gasteiger partial charge is 0.444 e. The van der Waals surface area contributed by atoms with Crippen LogP contribution >= 0.6 is 11.6 Å². The number of fused-ring (bicyclic) bond motifs is 1. The molecule has 2 aromatic carbocycles. The van der Waals surface area contributed by atoms with Crippen LogP contribution in [0.3, 0.4) is 0 Å². The highest BCUT2D eigenvalue weighted by atomic mass is 35.5. The van der Waals surface area contributed by atoms with Gasteiger partial charge in [0.25, 0.3) is 11.7 Å². The van der Waals surface area contributed by atoms with E-state index in [0.717, 1.165) is 74.8 Å². The van der Waals surface area contributed by atoms with E-state index in [1.54, 1.807) is 19.1 Å². The Bertz CT molecular complexity index is 1570. The minimum atomic E-state index is -1.26.